The Morgan fingerprint density at radius 3 is 2.23 bits per heavy atom. The Labute approximate surface area is 205 Å². The van der Waals surface area contributed by atoms with E-state index in [1.807, 2.05) is 59.2 Å². The second-order valence-corrected chi connectivity index (χ2v) is 9.09. The first-order valence-electron chi connectivity index (χ1n) is 11.2. The maximum absolute atomic E-state index is 12.7. The van der Waals surface area contributed by atoms with Crippen molar-refractivity contribution in [2.45, 2.75) is 11.3 Å². The summed E-state index contributed by atoms with van der Waals surface area (Å²) in [7, 11) is 0. The van der Waals surface area contributed by atoms with Crippen LogP contribution in [0.15, 0.2) is 84.0 Å². The number of ether oxygens (including phenoxy) is 2. The molecule has 0 spiro atoms. The monoisotopic (exact) mass is 484 g/mol. The molecule has 2 aliphatic heterocycles. The van der Waals surface area contributed by atoms with Crippen molar-refractivity contribution in [2.24, 2.45) is 0 Å². The van der Waals surface area contributed by atoms with Gasteiger partial charge in [-0.05, 0) is 36.4 Å². The average Bonchev–Trinajstić information content (AvgIpc) is 3.44. The molecule has 0 unspecified atom stereocenters. The van der Waals surface area contributed by atoms with Crippen LogP contribution in [0.4, 0.5) is 0 Å². The fraction of sp³-hybridized carbons (Fsp3) is 0.154. The van der Waals surface area contributed by atoms with Crippen molar-refractivity contribution < 1.29 is 19.1 Å². The molecule has 2 amide bonds. The van der Waals surface area contributed by atoms with Gasteiger partial charge < -0.3 is 9.47 Å². The van der Waals surface area contributed by atoms with E-state index in [2.05, 4.69) is 10.2 Å². The SMILES string of the molecule is O=C1c2ccccc2C(=O)N1CCSc1nnc([C@@H]2COc3ccccc3O2)n1-c1ccccc1. The highest BCUT2D eigenvalue weighted by atomic mass is 32.2. The Balaban J connectivity index is 1.24. The lowest BCUT2D eigenvalue weighted by atomic mass is 10.1. The van der Waals surface area contributed by atoms with Crippen LogP contribution in [0.5, 0.6) is 11.5 Å². The minimum Gasteiger partial charge on any atom is -0.485 e. The summed E-state index contributed by atoms with van der Waals surface area (Å²) in [5, 5.41) is 9.50. The Hall–Kier alpha value is -4.11. The second kappa shape index (κ2) is 8.92. The molecule has 0 aliphatic carbocycles. The number of benzene rings is 3. The first-order valence-corrected chi connectivity index (χ1v) is 12.2. The van der Waals surface area contributed by atoms with Gasteiger partial charge in [0.1, 0.15) is 6.61 Å². The van der Waals surface area contributed by atoms with Gasteiger partial charge in [0.2, 0.25) is 0 Å². The quantitative estimate of drug-likeness (QED) is 0.300. The molecule has 8 nitrogen and oxygen atoms in total. The van der Waals surface area contributed by atoms with E-state index in [4.69, 9.17) is 9.47 Å². The van der Waals surface area contributed by atoms with Crippen molar-refractivity contribution in [1.82, 2.24) is 19.7 Å². The van der Waals surface area contributed by atoms with Crippen LogP contribution in [-0.2, 0) is 0 Å². The smallest absolute Gasteiger partial charge is 0.261 e. The summed E-state index contributed by atoms with van der Waals surface area (Å²) in [6.07, 6.45) is -0.441. The van der Waals surface area contributed by atoms with Gasteiger partial charge in [0.25, 0.3) is 11.8 Å². The zero-order valence-corrected chi connectivity index (χ0v) is 19.4. The van der Waals surface area contributed by atoms with Crippen molar-refractivity contribution in [2.75, 3.05) is 18.9 Å². The number of carbonyl (C=O) groups is 2. The molecular formula is C26H20N4O4S. The molecule has 1 aromatic heterocycles. The van der Waals surface area contributed by atoms with Crippen LogP contribution in [0, 0.1) is 0 Å². The Morgan fingerprint density at radius 1 is 0.829 bits per heavy atom. The van der Waals surface area contributed by atoms with E-state index in [-0.39, 0.29) is 18.4 Å². The van der Waals surface area contributed by atoms with Gasteiger partial charge in [-0.1, -0.05) is 54.2 Å². The number of imide groups is 1. The molecule has 35 heavy (non-hydrogen) atoms. The lowest BCUT2D eigenvalue weighted by Crippen LogP contribution is -2.31. The number of thioether (sulfide) groups is 1. The zero-order valence-electron chi connectivity index (χ0n) is 18.5. The van der Waals surface area contributed by atoms with Crippen LogP contribution >= 0.6 is 11.8 Å². The standard InChI is InChI=1S/C26H20N4O4S/c31-24-18-10-4-5-11-19(18)25(32)29(24)14-15-35-26-28-27-23(30(26)17-8-2-1-3-9-17)22-16-33-20-12-6-7-13-21(20)34-22/h1-13,22H,14-16H2/t22-/m0/s1. The first kappa shape index (κ1) is 21.4. The van der Waals surface area contributed by atoms with Crippen LogP contribution in [0.25, 0.3) is 5.69 Å². The van der Waals surface area contributed by atoms with E-state index in [1.165, 1.54) is 16.7 Å². The summed E-state index contributed by atoms with van der Waals surface area (Å²) < 4.78 is 14.0. The van der Waals surface area contributed by atoms with Crippen LogP contribution in [0.3, 0.4) is 0 Å². The van der Waals surface area contributed by atoms with E-state index in [1.54, 1.807) is 24.3 Å². The molecule has 1 atom stereocenters. The summed E-state index contributed by atoms with van der Waals surface area (Å²) in [6, 6.07) is 24.2. The molecule has 6 rings (SSSR count). The van der Waals surface area contributed by atoms with Crippen LogP contribution in [-0.4, -0.2) is 50.4 Å². The number of amides is 2. The molecule has 174 valence electrons. The van der Waals surface area contributed by atoms with E-state index in [0.717, 1.165) is 5.69 Å². The van der Waals surface area contributed by atoms with Crippen molar-refractivity contribution in [1.29, 1.82) is 0 Å². The topological polar surface area (TPSA) is 86.6 Å². The zero-order chi connectivity index (χ0) is 23.8. The van der Waals surface area contributed by atoms with Gasteiger partial charge in [-0.25, -0.2) is 0 Å². The van der Waals surface area contributed by atoms with E-state index in [0.29, 0.717) is 46.0 Å². The summed E-state index contributed by atoms with van der Waals surface area (Å²) in [5.74, 6) is 1.93. The van der Waals surface area contributed by atoms with Crippen LogP contribution < -0.4 is 9.47 Å². The van der Waals surface area contributed by atoms with Gasteiger partial charge >= 0.3 is 0 Å². The Kier molecular flexibility index (Phi) is 5.46. The third kappa shape index (κ3) is 3.83. The summed E-state index contributed by atoms with van der Waals surface area (Å²) in [4.78, 5) is 26.7. The number of hydrogen-bond acceptors (Lipinski definition) is 7. The fourth-order valence-corrected chi connectivity index (χ4v) is 5.10. The highest BCUT2D eigenvalue weighted by molar-refractivity contribution is 7.99. The van der Waals surface area contributed by atoms with Crippen molar-refractivity contribution in [3.63, 3.8) is 0 Å². The maximum atomic E-state index is 12.7. The number of rotatable bonds is 6. The molecule has 2 aliphatic rings. The summed E-state index contributed by atoms with van der Waals surface area (Å²) in [6.45, 7) is 0.575. The van der Waals surface area contributed by atoms with Crippen LogP contribution in [0.2, 0.25) is 0 Å². The molecule has 0 saturated heterocycles. The predicted octanol–water partition coefficient (Wildman–Crippen LogP) is 4.17. The number of hydrogen-bond donors (Lipinski definition) is 0. The minimum atomic E-state index is -0.441. The number of para-hydroxylation sites is 3. The number of aromatic nitrogens is 3. The molecule has 3 heterocycles. The second-order valence-electron chi connectivity index (χ2n) is 8.03. The first-order chi connectivity index (χ1) is 17.2. The molecule has 0 N–H and O–H groups in total. The summed E-state index contributed by atoms with van der Waals surface area (Å²) >= 11 is 1.43. The molecule has 0 fully saturated rings. The highest BCUT2D eigenvalue weighted by Crippen LogP contribution is 2.37. The highest BCUT2D eigenvalue weighted by Gasteiger charge is 2.35. The third-order valence-electron chi connectivity index (χ3n) is 5.89. The van der Waals surface area contributed by atoms with Crippen LogP contribution in [0.1, 0.15) is 32.6 Å². The lowest BCUT2D eigenvalue weighted by Gasteiger charge is -2.26. The van der Waals surface area contributed by atoms with E-state index in [9.17, 15) is 9.59 Å². The van der Waals surface area contributed by atoms with Crippen molar-refractivity contribution in [3.8, 4) is 17.2 Å². The van der Waals surface area contributed by atoms with E-state index >= 15 is 0 Å². The molecule has 3 aromatic carbocycles. The van der Waals surface area contributed by atoms with Gasteiger partial charge in [0.05, 0.1) is 11.1 Å². The van der Waals surface area contributed by atoms with Crippen molar-refractivity contribution in [3.05, 3.63) is 95.8 Å². The molecular weight excluding hydrogens is 464 g/mol. The number of nitrogens with zero attached hydrogens (tertiary/aromatic N) is 4. The predicted molar refractivity (Wildman–Crippen MR) is 129 cm³/mol. The van der Waals surface area contributed by atoms with Gasteiger partial charge in [-0.15, -0.1) is 10.2 Å². The maximum Gasteiger partial charge on any atom is 0.261 e. The molecule has 4 aromatic rings. The number of fused-ring (bicyclic) bond motifs is 2. The van der Waals surface area contributed by atoms with E-state index < -0.39 is 6.10 Å². The van der Waals surface area contributed by atoms with Gasteiger partial charge in [0.15, 0.2) is 28.6 Å². The fourth-order valence-electron chi connectivity index (χ4n) is 4.22. The molecule has 0 radical (unpaired) electrons. The van der Waals surface area contributed by atoms with Crippen molar-refractivity contribution >= 4 is 23.6 Å². The Morgan fingerprint density at radius 2 is 1.49 bits per heavy atom. The number of carbonyl (C=O) groups excluding carboxylic acids is 2. The third-order valence-corrected chi connectivity index (χ3v) is 6.80. The molecule has 0 bridgehead atoms. The summed E-state index contributed by atoms with van der Waals surface area (Å²) in [5.41, 5.74) is 1.79. The largest absolute Gasteiger partial charge is 0.485 e. The lowest BCUT2D eigenvalue weighted by molar-refractivity contribution is 0.0664. The van der Waals surface area contributed by atoms with Gasteiger partial charge in [-0.3, -0.25) is 19.1 Å². The molecule has 9 heteroatoms. The normalized spacial score (nSPS) is 16.5. The molecule has 0 saturated carbocycles. The average molecular weight is 485 g/mol. The minimum absolute atomic E-state index is 0.261. The van der Waals surface area contributed by atoms with Gasteiger partial charge in [-0.2, -0.15) is 0 Å². The Bertz CT molecular complexity index is 1390. The van der Waals surface area contributed by atoms with Gasteiger partial charge in [0, 0.05) is 18.0 Å².